The minimum atomic E-state index is -4.41. The molecule has 0 radical (unpaired) electrons. The van der Waals surface area contributed by atoms with Crippen LogP contribution in [0.25, 0.3) is 0 Å². The van der Waals surface area contributed by atoms with Gasteiger partial charge in [0.1, 0.15) is 5.69 Å². The molecule has 0 unspecified atom stereocenters. The fraction of sp³-hybridized carbons (Fsp3) is 0.750. The van der Waals surface area contributed by atoms with E-state index in [1.54, 1.807) is 0 Å². The summed E-state index contributed by atoms with van der Waals surface area (Å²) in [5, 5.41) is 16.2. The SMILES string of the molecule is Cn1ncc(CNC2(CO)CCCC2)c1C(F)(F)F. The Bertz CT molecular complexity index is 436. The van der Waals surface area contributed by atoms with Crippen LogP contribution in [0.1, 0.15) is 36.9 Å². The number of alkyl halides is 3. The molecule has 0 aliphatic heterocycles. The van der Waals surface area contributed by atoms with E-state index in [9.17, 15) is 18.3 Å². The zero-order valence-electron chi connectivity index (χ0n) is 10.8. The van der Waals surface area contributed by atoms with Crippen molar-refractivity contribution in [2.75, 3.05) is 6.61 Å². The molecule has 108 valence electrons. The van der Waals surface area contributed by atoms with Gasteiger partial charge in [0.2, 0.25) is 0 Å². The number of aromatic nitrogens is 2. The summed E-state index contributed by atoms with van der Waals surface area (Å²) in [5.74, 6) is 0. The fourth-order valence-electron chi connectivity index (χ4n) is 2.70. The van der Waals surface area contributed by atoms with Crippen molar-refractivity contribution in [1.29, 1.82) is 0 Å². The minimum absolute atomic E-state index is 0.0470. The summed E-state index contributed by atoms with van der Waals surface area (Å²) in [6.07, 6.45) is 0.399. The zero-order chi connectivity index (χ0) is 14.1. The fourth-order valence-corrected chi connectivity index (χ4v) is 2.70. The van der Waals surface area contributed by atoms with Crippen LogP contribution in [-0.2, 0) is 19.8 Å². The van der Waals surface area contributed by atoms with Crippen LogP contribution in [0.4, 0.5) is 13.2 Å². The molecule has 1 aromatic rings. The molecule has 2 N–H and O–H groups in total. The predicted octanol–water partition coefficient (Wildman–Crippen LogP) is 1.83. The molecule has 2 rings (SSSR count). The molecule has 0 aromatic carbocycles. The van der Waals surface area contributed by atoms with Gasteiger partial charge < -0.3 is 10.4 Å². The lowest BCUT2D eigenvalue weighted by molar-refractivity contribution is -0.144. The number of aliphatic hydroxyl groups excluding tert-OH is 1. The molecular formula is C12H18F3N3O. The summed E-state index contributed by atoms with van der Waals surface area (Å²) in [6.45, 7) is 0.0257. The van der Waals surface area contributed by atoms with Crippen LogP contribution in [0.5, 0.6) is 0 Å². The number of nitrogens with one attached hydrogen (secondary N) is 1. The Morgan fingerprint density at radius 1 is 1.42 bits per heavy atom. The number of aliphatic hydroxyl groups is 1. The predicted molar refractivity (Wildman–Crippen MR) is 63.3 cm³/mol. The van der Waals surface area contributed by atoms with Gasteiger partial charge in [0.05, 0.1) is 12.8 Å². The maximum Gasteiger partial charge on any atom is 0.433 e. The summed E-state index contributed by atoms with van der Waals surface area (Å²) in [4.78, 5) is 0. The zero-order valence-corrected chi connectivity index (χ0v) is 10.8. The van der Waals surface area contributed by atoms with Gasteiger partial charge in [0.15, 0.2) is 0 Å². The van der Waals surface area contributed by atoms with Gasteiger partial charge in [0, 0.05) is 24.7 Å². The van der Waals surface area contributed by atoms with Gasteiger partial charge in [-0.25, -0.2) is 0 Å². The standard InChI is InChI=1S/C12H18F3N3O/c1-18-10(12(13,14)15)9(7-17-18)6-16-11(8-19)4-2-3-5-11/h7,16,19H,2-6,8H2,1H3. The van der Waals surface area contributed by atoms with Crippen molar-refractivity contribution in [2.24, 2.45) is 7.05 Å². The summed E-state index contributed by atoms with van der Waals surface area (Å²) in [7, 11) is 1.28. The number of halogens is 3. The minimum Gasteiger partial charge on any atom is -0.394 e. The lowest BCUT2D eigenvalue weighted by Crippen LogP contribution is -2.45. The highest BCUT2D eigenvalue weighted by molar-refractivity contribution is 5.21. The number of nitrogens with zero attached hydrogens (tertiary/aromatic N) is 2. The lowest BCUT2D eigenvalue weighted by atomic mass is 9.98. The molecule has 1 heterocycles. The lowest BCUT2D eigenvalue weighted by Gasteiger charge is -2.28. The average molecular weight is 277 g/mol. The average Bonchev–Trinajstić information content (AvgIpc) is 2.93. The molecule has 0 saturated heterocycles. The Kier molecular flexibility index (Phi) is 3.87. The summed E-state index contributed by atoms with van der Waals surface area (Å²) in [5.41, 5.74) is -1.04. The molecule has 1 saturated carbocycles. The summed E-state index contributed by atoms with van der Waals surface area (Å²) >= 11 is 0. The molecular weight excluding hydrogens is 259 g/mol. The monoisotopic (exact) mass is 277 g/mol. The quantitative estimate of drug-likeness (QED) is 0.883. The van der Waals surface area contributed by atoms with Gasteiger partial charge in [-0.05, 0) is 12.8 Å². The third-order valence-electron chi connectivity index (χ3n) is 3.80. The van der Waals surface area contributed by atoms with E-state index < -0.39 is 17.4 Å². The van der Waals surface area contributed by atoms with E-state index >= 15 is 0 Å². The van der Waals surface area contributed by atoms with Crippen molar-refractivity contribution in [3.05, 3.63) is 17.5 Å². The largest absolute Gasteiger partial charge is 0.433 e. The summed E-state index contributed by atoms with van der Waals surface area (Å²) < 4.78 is 39.5. The maximum absolute atomic E-state index is 12.9. The van der Waals surface area contributed by atoms with Crippen LogP contribution >= 0.6 is 0 Å². The molecule has 0 bridgehead atoms. The van der Waals surface area contributed by atoms with Gasteiger partial charge >= 0.3 is 6.18 Å². The van der Waals surface area contributed by atoms with Crippen LogP contribution < -0.4 is 5.32 Å². The molecule has 7 heteroatoms. The number of aryl methyl sites for hydroxylation is 1. The van der Waals surface area contributed by atoms with Crippen molar-refractivity contribution in [2.45, 2.75) is 43.9 Å². The Labute approximate surface area is 109 Å². The molecule has 1 aliphatic rings. The first-order chi connectivity index (χ1) is 8.88. The molecule has 0 atom stereocenters. The first-order valence-electron chi connectivity index (χ1n) is 6.32. The second-order valence-electron chi connectivity index (χ2n) is 5.14. The Hall–Kier alpha value is -1.08. The van der Waals surface area contributed by atoms with Crippen molar-refractivity contribution >= 4 is 0 Å². The molecule has 0 amide bonds. The van der Waals surface area contributed by atoms with Crippen LogP contribution in [-0.4, -0.2) is 27.0 Å². The van der Waals surface area contributed by atoms with Gasteiger partial charge in [-0.15, -0.1) is 0 Å². The van der Waals surface area contributed by atoms with E-state index in [0.29, 0.717) is 0 Å². The van der Waals surface area contributed by atoms with E-state index in [0.717, 1.165) is 30.4 Å². The highest BCUT2D eigenvalue weighted by atomic mass is 19.4. The molecule has 1 fully saturated rings. The number of hydrogen-bond acceptors (Lipinski definition) is 3. The smallest absolute Gasteiger partial charge is 0.394 e. The van der Waals surface area contributed by atoms with Gasteiger partial charge in [-0.1, -0.05) is 12.8 Å². The Morgan fingerprint density at radius 2 is 2.05 bits per heavy atom. The highest BCUT2D eigenvalue weighted by Gasteiger charge is 2.38. The van der Waals surface area contributed by atoms with Gasteiger partial charge in [0.25, 0.3) is 0 Å². The third-order valence-corrected chi connectivity index (χ3v) is 3.80. The number of rotatable bonds is 4. The van der Waals surface area contributed by atoms with Gasteiger partial charge in [-0.3, -0.25) is 4.68 Å². The molecule has 19 heavy (non-hydrogen) atoms. The number of hydrogen-bond donors (Lipinski definition) is 2. The van der Waals surface area contributed by atoms with Crippen molar-refractivity contribution in [1.82, 2.24) is 15.1 Å². The maximum atomic E-state index is 12.9. The molecule has 1 aromatic heterocycles. The van der Waals surface area contributed by atoms with E-state index in [2.05, 4.69) is 10.4 Å². The molecule has 4 nitrogen and oxygen atoms in total. The Balaban J connectivity index is 2.12. The van der Waals surface area contributed by atoms with E-state index in [1.807, 2.05) is 0 Å². The third kappa shape index (κ3) is 2.92. The van der Waals surface area contributed by atoms with Crippen molar-refractivity contribution in [3.8, 4) is 0 Å². The Morgan fingerprint density at radius 3 is 2.58 bits per heavy atom. The summed E-state index contributed by atoms with van der Waals surface area (Å²) in [6, 6.07) is 0. The van der Waals surface area contributed by atoms with Crippen molar-refractivity contribution in [3.63, 3.8) is 0 Å². The van der Waals surface area contributed by atoms with E-state index in [4.69, 9.17) is 0 Å². The second-order valence-corrected chi connectivity index (χ2v) is 5.14. The van der Waals surface area contributed by atoms with E-state index in [-0.39, 0.29) is 18.7 Å². The first kappa shape index (κ1) is 14.3. The first-order valence-corrected chi connectivity index (χ1v) is 6.32. The van der Waals surface area contributed by atoms with Crippen molar-refractivity contribution < 1.29 is 18.3 Å². The highest BCUT2D eigenvalue weighted by Crippen LogP contribution is 2.33. The van der Waals surface area contributed by atoms with Crippen LogP contribution in [0, 0.1) is 0 Å². The second kappa shape index (κ2) is 5.13. The van der Waals surface area contributed by atoms with Crippen LogP contribution in [0.2, 0.25) is 0 Å². The molecule has 1 aliphatic carbocycles. The molecule has 0 spiro atoms. The topological polar surface area (TPSA) is 50.1 Å². The van der Waals surface area contributed by atoms with Crippen LogP contribution in [0.15, 0.2) is 6.20 Å². The van der Waals surface area contributed by atoms with E-state index in [1.165, 1.54) is 13.2 Å². The van der Waals surface area contributed by atoms with Gasteiger partial charge in [-0.2, -0.15) is 18.3 Å². The van der Waals surface area contributed by atoms with Crippen LogP contribution in [0.3, 0.4) is 0 Å². The normalized spacial score (nSPS) is 19.0.